The second-order valence-electron chi connectivity index (χ2n) is 5.51. The van der Waals surface area contributed by atoms with Crippen LogP contribution in [0.5, 0.6) is 0 Å². The van der Waals surface area contributed by atoms with Crippen LogP contribution in [0, 0.1) is 0 Å². The summed E-state index contributed by atoms with van der Waals surface area (Å²) in [4.78, 5) is 24.4. The molecule has 0 atom stereocenters. The van der Waals surface area contributed by atoms with Gasteiger partial charge >= 0.3 is 12.1 Å². The van der Waals surface area contributed by atoms with Crippen LogP contribution in [0.2, 0.25) is 0 Å². The molecule has 0 unspecified atom stereocenters. The summed E-state index contributed by atoms with van der Waals surface area (Å²) in [6, 6.07) is 12.6. The number of aromatic nitrogens is 3. The summed E-state index contributed by atoms with van der Waals surface area (Å²) in [5.41, 5.74) is 2.32. The minimum Gasteiger partial charge on any atom is -0.328 e. The Hall–Kier alpha value is -3.20. The lowest BCUT2D eigenvalue weighted by molar-refractivity contribution is -0.199. The highest BCUT2D eigenvalue weighted by Gasteiger charge is 2.42. The monoisotopic (exact) mass is 389 g/mol. The molecule has 0 aliphatic heterocycles. The van der Waals surface area contributed by atoms with E-state index in [2.05, 4.69) is 14.8 Å². The number of carbonyl (C=O) groups is 1. The number of halogens is 3. The fourth-order valence-electron chi connectivity index (χ4n) is 2.56. The fourth-order valence-corrected chi connectivity index (χ4v) is 3.37. The maximum absolute atomic E-state index is 12.4. The van der Waals surface area contributed by atoms with E-state index in [1.807, 2.05) is 35.7 Å². The summed E-state index contributed by atoms with van der Waals surface area (Å²) in [7, 11) is 0. The molecular formula is C18H10F3N3O2S. The van der Waals surface area contributed by atoms with E-state index < -0.39 is 12.1 Å². The van der Waals surface area contributed by atoms with E-state index in [-0.39, 0.29) is 5.52 Å². The highest BCUT2D eigenvalue weighted by molar-refractivity contribution is 7.13. The third-order valence-corrected chi connectivity index (χ3v) is 4.65. The molecule has 4 rings (SSSR count). The number of nitrogens with zero attached hydrogens (tertiary/aromatic N) is 3. The van der Waals surface area contributed by atoms with Gasteiger partial charge in [-0.15, -0.1) is 11.3 Å². The molecule has 5 nitrogen and oxygen atoms in total. The number of carbonyl (C=O) groups excluding carboxylic acids is 1. The van der Waals surface area contributed by atoms with Gasteiger partial charge in [0, 0.05) is 28.7 Å². The Bertz CT molecular complexity index is 1120. The standard InChI is InChI=1S/C18H10F3N3O2S/c19-18(20,21)17(25)26-24-9-7-12-14(24)6-8-22-15(12)13-10-27-16(23-13)11-4-2-1-3-5-11/h1-10H. The number of rotatable bonds is 3. The molecule has 9 heteroatoms. The Morgan fingerprint density at radius 1 is 1.11 bits per heavy atom. The minimum absolute atomic E-state index is 0.284. The first-order valence-electron chi connectivity index (χ1n) is 7.70. The van der Waals surface area contributed by atoms with Crippen molar-refractivity contribution in [2.45, 2.75) is 6.18 Å². The van der Waals surface area contributed by atoms with Crippen molar-refractivity contribution in [2.24, 2.45) is 0 Å². The molecule has 1 aromatic carbocycles. The van der Waals surface area contributed by atoms with Gasteiger partial charge in [0.1, 0.15) is 10.7 Å². The molecule has 0 radical (unpaired) electrons. The lowest BCUT2D eigenvalue weighted by atomic mass is 10.2. The van der Waals surface area contributed by atoms with Gasteiger partial charge in [-0.3, -0.25) is 4.98 Å². The van der Waals surface area contributed by atoms with Crippen molar-refractivity contribution < 1.29 is 22.8 Å². The van der Waals surface area contributed by atoms with E-state index in [1.54, 1.807) is 0 Å². The molecule has 0 bridgehead atoms. The summed E-state index contributed by atoms with van der Waals surface area (Å²) in [5.74, 6) is -2.29. The normalized spacial score (nSPS) is 11.7. The molecule has 0 N–H and O–H groups in total. The van der Waals surface area contributed by atoms with Gasteiger partial charge in [0.25, 0.3) is 0 Å². The Balaban J connectivity index is 1.72. The van der Waals surface area contributed by atoms with Crippen LogP contribution in [0.15, 0.2) is 60.2 Å². The first-order chi connectivity index (χ1) is 12.9. The molecular weight excluding hydrogens is 379 g/mol. The predicted molar refractivity (Wildman–Crippen MR) is 93.9 cm³/mol. The van der Waals surface area contributed by atoms with Crippen LogP contribution >= 0.6 is 11.3 Å². The average molecular weight is 389 g/mol. The van der Waals surface area contributed by atoms with Gasteiger partial charge in [-0.1, -0.05) is 30.3 Å². The summed E-state index contributed by atoms with van der Waals surface area (Å²) in [6.07, 6.45) is -2.41. The molecule has 0 aliphatic rings. The van der Waals surface area contributed by atoms with Crippen molar-refractivity contribution in [2.75, 3.05) is 0 Å². The number of hydrogen-bond donors (Lipinski definition) is 0. The molecule has 27 heavy (non-hydrogen) atoms. The third-order valence-electron chi connectivity index (χ3n) is 3.76. The van der Waals surface area contributed by atoms with E-state index in [0.29, 0.717) is 16.8 Å². The average Bonchev–Trinajstić information content (AvgIpc) is 3.29. The van der Waals surface area contributed by atoms with Crippen LogP contribution in [0.4, 0.5) is 13.2 Å². The second kappa shape index (κ2) is 6.51. The molecule has 0 fully saturated rings. The molecule has 0 saturated heterocycles. The molecule has 3 heterocycles. The summed E-state index contributed by atoms with van der Waals surface area (Å²) in [6.45, 7) is 0. The predicted octanol–water partition coefficient (Wildman–Crippen LogP) is 4.34. The number of fused-ring (bicyclic) bond motifs is 1. The van der Waals surface area contributed by atoms with Crippen molar-refractivity contribution >= 4 is 28.2 Å². The first-order valence-corrected chi connectivity index (χ1v) is 8.58. The van der Waals surface area contributed by atoms with Crippen molar-refractivity contribution in [1.82, 2.24) is 14.7 Å². The molecule has 0 amide bonds. The Morgan fingerprint density at radius 2 is 1.89 bits per heavy atom. The van der Waals surface area contributed by atoms with E-state index in [4.69, 9.17) is 0 Å². The van der Waals surface area contributed by atoms with E-state index in [0.717, 1.165) is 15.3 Å². The summed E-state index contributed by atoms with van der Waals surface area (Å²) >= 11 is 1.43. The summed E-state index contributed by atoms with van der Waals surface area (Å²) in [5, 5.41) is 3.15. The van der Waals surface area contributed by atoms with Gasteiger partial charge in [-0.2, -0.15) is 17.9 Å². The minimum atomic E-state index is -5.08. The number of alkyl halides is 3. The zero-order valence-electron chi connectivity index (χ0n) is 13.5. The highest BCUT2D eigenvalue weighted by Crippen LogP contribution is 2.31. The van der Waals surface area contributed by atoms with Crippen LogP contribution in [0.1, 0.15) is 0 Å². The van der Waals surface area contributed by atoms with Crippen molar-refractivity contribution in [3.05, 3.63) is 60.2 Å². The van der Waals surface area contributed by atoms with Gasteiger partial charge in [0.15, 0.2) is 0 Å². The van der Waals surface area contributed by atoms with Gasteiger partial charge in [-0.25, -0.2) is 9.78 Å². The van der Waals surface area contributed by atoms with Gasteiger partial charge in [0.2, 0.25) is 0 Å². The van der Waals surface area contributed by atoms with Crippen LogP contribution in [-0.2, 0) is 4.79 Å². The van der Waals surface area contributed by atoms with Crippen LogP contribution in [-0.4, -0.2) is 26.8 Å². The Morgan fingerprint density at radius 3 is 2.63 bits per heavy atom. The molecule has 136 valence electrons. The Kier molecular flexibility index (Phi) is 4.15. The highest BCUT2D eigenvalue weighted by atomic mass is 32.1. The number of pyridine rings is 1. The maximum atomic E-state index is 12.4. The van der Waals surface area contributed by atoms with Crippen LogP contribution in [0.25, 0.3) is 32.9 Å². The number of thiazole rings is 1. The zero-order chi connectivity index (χ0) is 19.0. The van der Waals surface area contributed by atoms with Gasteiger partial charge in [0.05, 0.1) is 11.2 Å². The van der Waals surface area contributed by atoms with Crippen molar-refractivity contribution in [3.8, 4) is 22.0 Å². The van der Waals surface area contributed by atoms with Crippen LogP contribution < -0.4 is 4.84 Å². The molecule has 0 spiro atoms. The van der Waals surface area contributed by atoms with Gasteiger partial charge < -0.3 is 4.84 Å². The van der Waals surface area contributed by atoms with E-state index >= 15 is 0 Å². The topological polar surface area (TPSA) is 57.0 Å². The zero-order valence-corrected chi connectivity index (χ0v) is 14.3. The maximum Gasteiger partial charge on any atom is 0.493 e. The molecule has 3 aromatic heterocycles. The lowest BCUT2D eigenvalue weighted by Gasteiger charge is -2.08. The third kappa shape index (κ3) is 3.28. The second-order valence-corrected chi connectivity index (χ2v) is 6.37. The first kappa shape index (κ1) is 17.2. The number of hydrogen-bond acceptors (Lipinski definition) is 5. The Labute approximate surface area is 154 Å². The van der Waals surface area contributed by atoms with Crippen molar-refractivity contribution in [3.63, 3.8) is 0 Å². The van der Waals surface area contributed by atoms with Gasteiger partial charge in [-0.05, 0) is 12.1 Å². The lowest BCUT2D eigenvalue weighted by Crippen LogP contribution is -2.32. The SMILES string of the molecule is O=C(On1ccc2c(-c3csc(-c4ccccc4)n3)nccc21)C(F)(F)F. The molecule has 0 aliphatic carbocycles. The molecule has 4 aromatic rings. The quantitative estimate of drug-likeness (QED) is 0.523. The van der Waals surface area contributed by atoms with Crippen molar-refractivity contribution in [1.29, 1.82) is 0 Å². The number of benzene rings is 1. The fraction of sp³-hybridized carbons (Fsp3) is 0.0556. The summed E-state index contributed by atoms with van der Waals surface area (Å²) < 4.78 is 38.1. The van der Waals surface area contributed by atoms with Crippen LogP contribution in [0.3, 0.4) is 0 Å². The molecule has 0 saturated carbocycles. The largest absolute Gasteiger partial charge is 0.493 e. The van der Waals surface area contributed by atoms with E-state index in [1.165, 1.54) is 35.9 Å². The van der Waals surface area contributed by atoms with E-state index in [9.17, 15) is 18.0 Å². The smallest absolute Gasteiger partial charge is 0.328 e.